The van der Waals surface area contributed by atoms with E-state index in [0.29, 0.717) is 18.5 Å². The number of aromatic nitrogens is 2. The monoisotopic (exact) mass is 333 g/mol. The molecular formula is C17H23N3O2S. The van der Waals surface area contributed by atoms with Crippen molar-refractivity contribution < 1.29 is 9.90 Å². The second-order valence-electron chi connectivity index (χ2n) is 6.15. The fraction of sp³-hybridized carbons (Fsp3) is 0.412. The van der Waals surface area contributed by atoms with Crippen molar-refractivity contribution >= 4 is 17.7 Å². The van der Waals surface area contributed by atoms with Crippen molar-refractivity contribution in [3.8, 4) is 5.69 Å². The standard InChI is InChI=1S/C17H23N3O2S/c1-17(2,7-10-21)12-19-15(22)13-5-4-6-14(11-13)20-9-8-18-16(20)23-3/h4-6,8-9,11,21H,7,10,12H2,1-3H3,(H,19,22). The van der Waals surface area contributed by atoms with Crippen molar-refractivity contribution in [3.63, 3.8) is 0 Å². The minimum atomic E-state index is -0.127. The van der Waals surface area contributed by atoms with Gasteiger partial charge in [0.25, 0.3) is 5.91 Å². The first-order valence-corrected chi connectivity index (χ1v) is 8.76. The van der Waals surface area contributed by atoms with Gasteiger partial charge in [-0.2, -0.15) is 0 Å². The minimum Gasteiger partial charge on any atom is -0.396 e. The van der Waals surface area contributed by atoms with E-state index in [4.69, 9.17) is 5.11 Å². The van der Waals surface area contributed by atoms with E-state index in [1.165, 1.54) is 0 Å². The summed E-state index contributed by atoms with van der Waals surface area (Å²) in [5.41, 5.74) is 1.40. The Labute approximate surface area is 141 Å². The fourth-order valence-corrected chi connectivity index (χ4v) is 2.78. The lowest BCUT2D eigenvalue weighted by Gasteiger charge is -2.23. The lowest BCUT2D eigenvalue weighted by Crippen LogP contribution is -2.34. The molecule has 0 bridgehead atoms. The zero-order valence-corrected chi connectivity index (χ0v) is 14.6. The van der Waals surface area contributed by atoms with Gasteiger partial charge in [0, 0.05) is 36.8 Å². The second kappa shape index (κ2) is 7.66. The summed E-state index contributed by atoms with van der Waals surface area (Å²) in [6.45, 7) is 4.69. The van der Waals surface area contributed by atoms with Crippen LogP contribution in [0.1, 0.15) is 30.6 Å². The van der Waals surface area contributed by atoms with E-state index >= 15 is 0 Å². The first-order chi connectivity index (χ1) is 11.0. The van der Waals surface area contributed by atoms with Crippen LogP contribution in [0.15, 0.2) is 41.8 Å². The summed E-state index contributed by atoms with van der Waals surface area (Å²) in [6.07, 6.45) is 6.25. The normalized spacial score (nSPS) is 11.5. The summed E-state index contributed by atoms with van der Waals surface area (Å²) >= 11 is 1.56. The molecule has 0 fully saturated rings. The number of nitrogens with zero attached hydrogens (tertiary/aromatic N) is 2. The van der Waals surface area contributed by atoms with Crippen LogP contribution in [0.4, 0.5) is 0 Å². The van der Waals surface area contributed by atoms with E-state index in [-0.39, 0.29) is 17.9 Å². The summed E-state index contributed by atoms with van der Waals surface area (Å²) in [6, 6.07) is 7.48. The van der Waals surface area contributed by atoms with Gasteiger partial charge >= 0.3 is 0 Å². The Morgan fingerprint density at radius 3 is 2.91 bits per heavy atom. The number of hydrogen-bond donors (Lipinski definition) is 2. The number of imidazole rings is 1. The molecule has 1 heterocycles. The lowest BCUT2D eigenvalue weighted by atomic mass is 9.89. The quantitative estimate of drug-likeness (QED) is 0.765. The number of nitrogens with one attached hydrogen (secondary N) is 1. The summed E-state index contributed by atoms with van der Waals surface area (Å²) in [5.74, 6) is -0.108. The first-order valence-electron chi connectivity index (χ1n) is 7.54. The SMILES string of the molecule is CSc1nccn1-c1cccc(C(=O)NCC(C)(C)CCO)c1. The Morgan fingerprint density at radius 1 is 1.43 bits per heavy atom. The molecule has 0 aliphatic carbocycles. The van der Waals surface area contributed by atoms with E-state index in [1.54, 1.807) is 24.0 Å². The van der Waals surface area contributed by atoms with E-state index in [0.717, 1.165) is 10.8 Å². The molecule has 0 aliphatic heterocycles. The van der Waals surface area contributed by atoms with Crippen LogP contribution >= 0.6 is 11.8 Å². The first kappa shape index (κ1) is 17.6. The van der Waals surface area contributed by atoms with Crippen molar-refractivity contribution in [2.45, 2.75) is 25.4 Å². The number of aliphatic hydroxyl groups excluding tert-OH is 1. The van der Waals surface area contributed by atoms with Gasteiger partial charge in [-0.3, -0.25) is 9.36 Å². The Hall–Kier alpha value is -1.79. The molecule has 1 aromatic heterocycles. The fourth-order valence-electron chi connectivity index (χ4n) is 2.25. The number of amides is 1. The molecule has 0 radical (unpaired) electrons. The van der Waals surface area contributed by atoms with Crippen molar-refractivity contribution in [1.29, 1.82) is 0 Å². The maximum atomic E-state index is 12.4. The summed E-state index contributed by atoms with van der Waals surface area (Å²) in [7, 11) is 0. The predicted octanol–water partition coefficient (Wildman–Crippen LogP) is 2.73. The molecular weight excluding hydrogens is 310 g/mol. The highest BCUT2D eigenvalue weighted by molar-refractivity contribution is 7.98. The smallest absolute Gasteiger partial charge is 0.251 e. The van der Waals surface area contributed by atoms with E-state index in [9.17, 15) is 4.79 Å². The van der Waals surface area contributed by atoms with Gasteiger partial charge in [-0.15, -0.1) is 0 Å². The lowest BCUT2D eigenvalue weighted by molar-refractivity contribution is 0.0928. The Kier molecular flexibility index (Phi) is 5.85. The zero-order valence-electron chi connectivity index (χ0n) is 13.7. The van der Waals surface area contributed by atoms with Crippen molar-refractivity contribution in [1.82, 2.24) is 14.9 Å². The average molecular weight is 333 g/mol. The number of carbonyl (C=O) groups excluding carboxylic acids is 1. The molecule has 124 valence electrons. The highest BCUT2D eigenvalue weighted by atomic mass is 32.2. The molecule has 6 heteroatoms. The van der Waals surface area contributed by atoms with Gasteiger partial charge in [0.1, 0.15) is 0 Å². The van der Waals surface area contributed by atoms with Crippen LogP contribution in [-0.2, 0) is 0 Å². The summed E-state index contributed by atoms with van der Waals surface area (Å²) in [5, 5.41) is 12.9. The van der Waals surface area contributed by atoms with Gasteiger partial charge in [0.05, 0.1) is 0 Å². The van der Waals surface area contributed by atoms with Gasteiger partial charge in [0.2, 0.25) is 0 Å². The van der Waals surface area contributed by atoms with Crippen LogP contribution < -0.4 is 5.32 Å². The summed E-state index contributed by atoms with van der Waals surface area (Å²) in [4.78, 5) is 16.6. The number of rotatable bonds is 7. The molecule has 23 heavy (non-hydrogen) atoms. The third kappa shape index (κ3) is 4.59. The van der Waals surface area contributed by atoms with Gasteiger partial charge < -0.3 is 10.4 Å². The molecule has 0 aliphatic rings. The summed E-state index contributed by atoms with van der Waals surface area (Å²) < 4.78 is 1.96. The van der Waals surface area contributed by atoms with Gasteiger partial charge in [0.15, 0.2) is 5.16 Å². The number of hydrogen-bond acceptors (Lipinski definition) is 4. The van der Waals surface area contributed by atoms with E-state index in [1.807, 2.05) is 49.1 Å². The Morgan fingerprint density at radius 2 is 2.22 bits per heavy atom. The van der Waals surface area contributed by atoms with Crippen molar-refractivity contribution in [2.24, 2.45) is 5.41 Å². The largest absolute Gasteiger partial charge is 0.396 e. The van der Waals surface area contributed by atoms with Gasteiger partial charge in [-0.1, -0.05) is 31.7 Å². The number of aliphatic hydroxyl groups is 1. The maximum absolute atomic E-state index is 12.4. The molecule has 1 aromatic carbocycles. The van der Waals surface area contributed by atoms with Crippen LogP contribution in [0.5, 0.6) is 0 Å². The van der Waals surface area contributed by atoms with Crippen LogP contribution in [0.3, 0.4) is 0 Å². The maximum Gasteiger partial charge on any atom is 0.251 e. The molecule has 2 aromatic rings. The van der Waals surface area contributed by atoms with Crippen LogP contribution in [0.25, 0.3) is 5.69 Å². The molecule has 0 unspecified atom stereocenters. The van der Waals surface area contributed by atoms with Gasteiger partial charge in [-0.05, 0) is 36.3 Å². The number of benzene rings is 1. The van der Waals surface area contributed by atoms with Crippen molar-refractivity contribution in [3.05, 3.63) is 42.2 Å². The van der Waals surface area contributed by atoms with E-state index < -0.39 is 0 Å². The van der Waals surface area contributed by atoms with Crippen LogP contribution in [-0.4, -0.2) is 40.0 Å². The van der Waals surface area contributed by atoms with Gasteiger partial charge in [-0.25, -0.2) is 4.98 Å². The zero-order chi connectivity index (χ0) is 16.9. The van der Waals surface area contributed by atoms with Crippen LogP contribution in [0, 0.1) is 5.41 Å². The second-order valence-corrected chi connectivity index (χ2v) is 6.93. The Balaban J connectivity index is 2.12. The molecule has 0 saturated carbocycles. The molecule has 0 spiro atoms. The third-order valence-electron chi connectivity index (χ3n) is 3.69. The highest BCUT2D eigenvalue weighted by Gasteiger charge is 2.18. The minimum absolute atomic E-state index is 0.108. The average Bonchev–Trinajstić information content (AvgIpc) is 3.01. The molecule has 1 amide bonds. The van der Waals surface area contributed by atoms with Crippen molar-refractivity contribution in [2.75, 3.05) is 19.4 Å². The molecule has 0 atom stereocenters. The molecule has 2 N–H and O–H groups in total. The third-order valence-corrected chi connectivity index (χ3v) is 4.36. The molecule has 2 rings (SSSR count). The number of carbonyl (C=O) groups is 1. The van der Waals surface area contributed by atoms with E-state index in [2.05, 4.69) is 10.3 Å². The Bertz CT molecular complexity index is 667. The topological polar surface area (TPSA) is 67.2 Å². The van der Waals surface area contributed by atoms with Crippen LogP contribution in [0.2, 0.25) is 0 Å². The highest BCUT2D eigenvalue weighted by Crippen LogP contribution is 2.20. The predicted molar refractivity (Wildman–Crippen MR) is 93.2 cm³/mol. The molecule has 0 saturated heterocycles. The molecule has 5 nitrogen and oxygen atoms in total. The number of thioether (sulfide) groups is 1.